The number of aryl methyl sites for hydroxylation is 1. The van der Waals surface area contributed by atoms with Crippen molar-refractivity contribution in [3.8, 4) is 5.75 Å². The molecule has 0 spiro atoms. The zero-order valence-electron chi connectivity index (χ0n) is 15.9. The number of carbonyl (C=O) groups excluding carboxylic acids is 2. The first-order valence-electron chi connectivity index (χ1n) is 8.92. The van der Waals surface area contributed by atoms with Gasteiger partial charge in [0.05, 0.1) is 6.54 Å². The fourth-order valence-electron chi connectivity index (χ4n) is 2.51. The maximum atomic E-state index is 12.9. The molecule has 2 amide bonds. The second-order valence-electron chi connectivity index (χ2n) is 6.33. The predicted octanol–water partition coefficient (Wildman–Crippen LogP) is 3.07. The lowest BCUT2D eigenvalue weighted by atomic mass is 10.2. The highest BCUT2D eigenvalue weighted by molar-refractivity contribution is 5.87. The lowest BCUT2D eigenvalue weighted by Crippen LogP contribution is -2.45. The summed E-state index contributed by atoms with van der Waals surface area (Å²) in [5.74, 6) is -0.249. The van der Waals surface area contributed by atoms with Crippen molar-refractivity contribution in [3.63, 3.8) is 0 Å². The highest BCUT2D eigenvalue weighted by atomic mass is 19.1. The number of hydrogen-bond acceptors (Lipinski definition) is 3. The van der Waals surface area contributed by atoms with Crippen LogP contribution in [0.1, 0.15) is 25.0 Å². The molecule has 2 aromatic rings. The molecule has 27 heavy (non-hydrogen) atoms. The molecule has 0 aliphatic carbocycles. The number of halogens is 1. The van der Waals surface area contributed by atoms with Crippen molar-refractivity contribution in [2.45, 2.75) is 33.4 Å². The van der Waals surface area contributed by atoms with Gasteiger partial charge in [-0.1, -0.05) is 29.8 Å². The molecule has 0 saturated carbocycles. The summed E-state index contributed by atoms with van der Waals surface area (Å²) in [4.78, 5) is 26.2. The summed E-state index contributed by atoms with van der Waals surface area (Å²) < 4.78 is 18.6. The Morgan fingerprint density at radius 1 is 1.11 bits per heavy atom. The monoisotopic (exact) mass is 372 g/mol. The average molecular weight is 372 g/mol. The second kappa shape index (κ2) is 9.71. The standard InChI is InChI=1S/C21H25FN2O3/c1-4-24(14-20(25)23-13-17-7-9-18(22)10-8-17)21(26)16(3)27-19-11-5-15(2)6-12-19/h5-12,16H,4,13-14H2,1-3H3,(H,23,25). The number of nitrogens with one attached hydrogen (secondary N) is 1. The molecule has 0 bridgehead atoms. The molecule has 2 rings (SSSR count). The molecule has 0 heterocycles. The SMILES string of the molecule is CCN(CC(=O)NCc1ccc(F)cc1)C(=O)C(C)Oc1ccc(C)cc1. The number of amides is 2. The van der Waals surface area contributed by atoms with E-state index in [0.717, 1.165) is 11.1 Å². The van der Waals surface area contributed by atoms with E-state index in [-0.39, 0.29) is 30.7 Å². The maximum Gasteiger partial charge on any atom is 0.263 e. The van der Waals surface area contributed by atoms with E-state index >= 15 is 0 Å². The smallest absolute Gasteiger partial charge is 0.263 e. The van der Waals surface area contributed by atoms with Gasteiger partial charge in [0.25, 0.3) is 5.91 Å². The van der Waals surface area contributed by atoms with Crippen molar-refractivity contribution in [3.05, 3.63) is 65.5 Å². The van der Waals surface area contributed by atoms with Crippen LogP contribution < -0.4 is 10.1 Å². The minimum absolute atomic E-state index is 0.0574. The second-order valence-corrected chi connectivity index (χ2v) is 6.33. The summed E-state index contributed by atoms with van der Waals surface area (Å²) in [6.45, 7) is 6.07. The summed E-state index contributed by atoms with van der Waals surface area (Å²) in [6.07, 6.45) is -0.697. The molecule has 0 radical (unpaired) electrons. The average Bonchev–Trinajstić information content (AvgIpc) is 2.66. The third-order valence-electron chi connectivity index (χ3n) is 4.11. The van der Waals surface area contributed by atoms with Crippen molar-refractivity contribution in [2.75, 3.05) is 13.1 Å². The van der Waals surface area contributed by atoms with E-state index in [1.54, 1.807) is 19.1 Å². The summed E-state index contributed by atoms with van der Waals surface area (Å²) in [6, 6.07) is 13.3. The Morgan fingerprint density at radius 3 is 2.33 bits per heavy atom. The zero-order chi connectivity index (χ0) is 19.8. The van der Waals surface area contributed by atoms with E-state index in [4.69, 9.17) is 4.74 Å². The minimum atomic E-state index is -0.697. The molecule has 144 valence electrons. The first kappa shape index (κ1) is 20.4. The van der Waals surface area contributed by atoms with Crippen LogP contribution in [0.15, 0.2) is 48.5 Å². The maximum absolute atomic E-state index is 12.9. The van der Waals surface area contributed by atoms with Crippen molar-refractivity contribution in [2.24, 2.45) is 0 Å². The Balaban J connectivity index is 1.86. The Bertz CT molecular complexity index is 760. The molecule has 0 saturated heterocycles. The van der Waals surface area contributed by atoms with Gasteiger partial charge in [0, 0.05) is 13.1 Å². The highest BCUT2D eigenvalue weighted by Gasteiger charge is 2.22. The van der Waals surface area contributed by atoms with Gasteiger partial charge < -0.3 is 15.0 Å². The van der Waals surface area contributed by atoms with Crippen LogP contribution in [0.25, 0.3) is 0 Å². The largest absolute Gasteiger partial charge is 0.481 e. The lowest BCUT2D eigenvalue weighted by Gasteiger charge is -2.24. The molecule has 1 N–H and O–H groups in total. The topological polar surface area (TPSA) is 58.6 Å². The molecule has 0 aliphatic heterocycles. The van der Waals surface area contributed by atoms with Gasteiger partial charge in [-0.25, -0.2) is 4.39 Å². The molecular weight excluding hydrogens is 347 g/mol. The zero-order valence-corrected chi connectivity index (χ0v) is 15.9. The number of ether oxygens (including phenoxy) is 1. The molecule has 1 unspecified atom stereocenters. The van der Waals surface area contributed by atoms with E-state index in [0.29, 0.717) is 12.3 Å². The Morgan fingerprint density at radius 2 is 1.74 bits per heavy atom. The quantitative estimate of drug-likeness (QED) is 0.775. The van der Waals surface area contributed by atoms with Crippen molar-refractivity contribution in [1.82, 2.24) is 10.2 Å². The number of benzene rings is 2. The Hall–Kier alpha value is -2.89. The normalized spacial score (nSPS) is 11.6. The van der Waals surface area contributed by atoms with Crippen LogP contribution in [0.3, 0.4) is 0 Å². The molecule has 0 aliphatic rings. The summed E-state index contributed by atoms with van der Waals surface area (Å²) in [5.41, 5.74) is 1.89. The van der Waals surface area contributed by atoms with Crippen LogP contribution in [-0.2, 0) is 16.1 Å². The Labute approximate surface area is 159 Å². The molecule has 1 atom stereocenters. The number of likely N-dealkylation sites (N-methyl/N-ethyl adjacent to an activating group) is 1. The molecule has 0 fully saturated rings. The van der Waals surface area contributed by atoms with Crippen molar-refractivity contribution < 1.29 is 18.7 Å². The van der Waals surface area contributed by atoms with Gasteiger partial charge in [0.1, 0.15) is 11.6 Å². The molecule has 5 nitrogen and oxygen atoms in total. The van der Waals surface area contributed by atoms with Crippen LogP contribution in [-0.4, -0.2) is 35.9 Å². The molecule has 2 aromatic carbocycles. The van der Waals surface area contributed by atoms with Crippen LogP contribution in [0.5, 0.6) is 5.75 Å². The van der Waals surface area contributed by atoms with E-state index < -0.39 is 6.10 Å². The number of rotatable bonds is 8. The van der Waals surface area contributed by atoms with Crippen LogP contribution in [0.4, 0.5) is 4.39 Å². The number of carbonyl (C=O) groups is 2. The highest BCUT2D eigenvalue weighted by Crippen LogP contribution is 2.14. The van der Waals surface area contributed by atoms with Gasteiger partial charge >= 0.3 is 0 Å². The van der Waals surface area contributed by atoms with E-state index in [1.165, 1.54) is 17.0 Å². The number of hydrogen-bond donors (Lipinski definition) is 1. The third kappa shape index (κ3) is 6.40. The Kier molecular flexibility index (Phi) is 7.34. The van der Waals surface area contributed by atoms with Crippen molar-refractivity contribution >= 4 is 11.8 Å². The van der Waals surface area contributed by atoms with Crippen LogP contribution >= 0.6 is 0 Å². The van der Waals surface area contributed by atoms with E-state index in [9.17, 15) is 14.0 Å². The van der Waals surface area contributed by atoms with Gasteiger partial charge in [-0.05, 0) is 50.6 Å². The van der Waals surface area contributed by atoms with Gasteiger partial charge in [0.15, 0.2) is 6.10 Å². The van der Waals surface area contributed by atoms with Gasteiger partial charge in [0.2, 0.25) is 5.91 Å². The van der Waals surface area contributed by atoms with E-state index in [1.807, 2.05) is 38.1 Å². The fraction of sp³-hybridized carbons (Fsp3) is 0.333. The first-order chi connectivity index (χ1) is 12.9. The van der Waals surface area contributed by atoms with Gasteiger partial charge in [-0.2, -0.15) is 0 Å². The molecule has 6 heteroatoms. The van der Waals surface area contributed by atoms with Crippen LogP contribution in [0, 0.1) is 12.7 Å². The van der Waals surface area contributed by atoms with Crippen molar-refractivity contribution in [1.29, 1.82) is 0 Å². The van der Waals surface area contributed by atoms with Gasteiger partial charge in [-0.15, -0.1) is 0 Å². The summed E-state index contributed by atoms with van der Waals surface area (Å²) >= 11 is 0. The van der Waals surface area contributed by atoms with Gasteiger partial charge in [-0.3, -0.25) is 9.59 Å². The molecule has 0 aromatic heterocycles. The lowest BCUT2D eigenvalue weighted by molar-refractivity contribution is -0.141. The van der Waals surface area contributed by atoms with E-state index in [2.05, 4.69) is 5.32 Å². The van der Waals surface area contributed by atoms with Crippen LogP contribution in [0.2, 0.25) is 0 Å². The predicted molar refractivity (Wildman–Crippen MR) is 102 cm³/mol. The summed E-state index contributed by atoms with van der Waals surface area (Å²) in [7, 11) is 0. The first-order valence-corrected chi connectivity index (χ1v) is 8.92. The minimum Gasteiger partial charge on any atom is -0.481 e. The molecular formula is C21H25FN2O3. The fourth-order valence-corrected chi connectivity index (χ4v) is 2.51. The third-order valence-corrected chi connectivity index (χ3v) is 4.11. The number of nitrogens with zero attached hydrogens (tertiary/aromatic N) is 1. The summed E-state index contributed by atoms with van der Waals surface area (Å²) in [5, 5.41) is 2.74.